The maximum atomic E-state index is 12.4. The second-order valence-corrected chi connectivity index (χ2v) is 7.46. The summed E-state index contributed by atoms with van der Waals surface area (Å²) in [5.74, 6) is -1.37. The van der Waals surface area contributed by atoms with E-state index in [-0.39, 0.29) is 32.0 Å². The number of carbonyl (C=O) groups is 3. The van der Waals surface area contributed by atoms with E-state index in [4.69, 9.17) is 4.74 Å². The molecular weight excluding hydrogens is 332 g/mol. The number of amides is 2. The molecule has 132 valence electrons. The summed E-state index contributed by atoms with van der Waals surface area (Å²) in [6, 6.07) is 0.785. The zero-order valence-electron chi connectivity index (χ0n) is 14.0. The van der Waals surface area contributed by atoms with Crippen molar-refractivity contribution < 1.29 is 24.2 Å². The van der Waals surface area contributed by atoms with Gasteiger partial charge in [-0.25, -0.2) is 9.59 Å². The van der Waals surface area contributed by atoms with Gasteiger partial charge >= 0.3 is 12.1 Å². The highest BCUT2D eigenvalue weighted by Gasteiger charge is 2.38. The molecule has 1 aromatic heterocycles. The van der Waals surface area contributed by atoms with E-state index in [9.17, 15) is 19.5 Å². The molecular formula is C16H22N2O5S. The van der Waals surface area contributed by atoms with Crippen molar-refractivity contribution in [2.45, 2.75) is 38.8 Å². The van der Waals surface area contributed by atoms with Crippen LogP contribution in [0, 0.1) is 0 Å². The largest absolute Gasteiger partial charge is 0.480 e. The molecule has 2 amide bonds. The van der Waals surface area contributed by atoms with Crippen molar-refractivity contribution in [2.24, 2.45) is 0 Å². The van der Waals surface area contributed by atoms with Gasteiger partial charge in [0, 0.05) is 13.1 Å². The van der Waals surface area contributed by atoms with Crippen LogP contribution in [0.3, 0.4) is 0 Å². The first-order valence-electron chi connectivity index (χ1n) is 7.68. The first-order chi connectivity index (χ1) is 11.2. The van der Waals surface area contributed by atoms with Crippen LogP contribution < -0.4 is 0 Å². The molecule has 1 N–H and O–H groups in total. The summed E-state index contributed by atoms with van der Waals surface area (Å²) in [4.78, 5) is 38.8. The lowest BCUT2D eigenvalue weighted by atomic mass is 10.1. The molecule has 1 aliphatic heterocycles. The summed E-state index contributed by atoms with van der Waals surface area (Å²) in [5.41, 5.74) is 0.213. The molecule has 2 rings (SSSR count). The Balaban J connectivity index is 2.04. The highest BCUT2D eigenvalue weighted by Crippen LogP contribution is 2.17. The molecule has 1 aliphatic rings. The first kappa shape index (κ1) is 18.3. The fourth-order valence-electron chi connectivity index (χ4n) is 2.45. The molecule has 1 unspecified atom stereocenters. The standard InChI is InChI=1S/C16H22N2O5S/c1-16(2,3)23-15(22)17-5-6-18(12(9-17)14(20)21)13(19)8-11-4-7-24-10-11/h4,7,10,12H,5-6,8-9H2,1-3H3,(H,20,21). The molecule has 1 atom stereocenters. The predicted molar refractivity (Wildman–Crippen MR) is 89.0 cm³/mol. The number of rotatable bonds is 3. The van der Waals surface area contributed by atoms with Crippen molar-refractivity contribution in [1.82, 2.24) is 9.80 Å². The average molecular weight is 354 g/mol. The van der Waals surface area contributed by atoms with Gasteiger partial charge in [0.05, 0.1) is 13.0 Å². The van der Waals surface area contributed by atoms with E-state index in [0.717, 1.165) is 5.56 Å². The fraction of sp³-hybridized carbons (Fsp3) is 0.562. The van der Waals surface area contributed by atoms with Crippen LogP contribution in [0.2, 0.25) is 0 Å². The number of carboxylic acids is 1. The van der Waals surface area contributed by atoms with Gasteiger partial charge < -0.3 is 19.6 Å². The molecule has 8 heteroatoms. The van der Waals surface area contributed by atoms with Gasteiger partial charge in [-0.2, -0.15) is 11.3 Å². The minimum atomic E-state index is -1.12. The number of thiophene rings is 1. The van der Waals surface area contributed by atoms with Crippen LogP contribution in [-0.2, 0) is 20.7 Å². The molecule has 7 nitrogen and oxygen atoms in total. The summed E-state index contributed by atoms with van der Waals surface area (Å²) >= 11 is 1.49. The molecule has 1 saturated heterocycles. The van der Waals surface area contributed by atoms with E-state index in [1.54, 1.807) is 20.8 Å². The van der Waals surface area contributed by atoms with Gasteiger partial charge in [0.1, 0.15) is 11.6 Å². The molecule has 0 aliphatic carbocycles. The zero-order chi connectivity index (χ0) is 17.9. The minimum absolute atomic E-state index is 0.0698. The van der Waals surface area contributed by atoms with E-state index < -0.39 is 23.7 Å². The van der Waals surface area contributed by atoms with E-state index in [1.807, 2.05) is 16.8 Å². The maximum Gasteiger partial charge on any atom is 0.410 e. The van der Waals surface area contributed by atoms with Crippen molar-refractivity contribution >= 4 is 29.3 Å². The van der Waals surface area contributed by atoms with Gasteiger partial charge in [0.2, 0.25) is 5.91 Å². The number of ether oxygens (including phenoxy) is 1. The van der Waals surface area contributed by atoms with Crippen LogP contribution in [0.5, 0.6) is 0 Å². The Hall–Kier alpha value is -2.09. The van der Waals surface area contributed by atoms with E-state index >= 15 is 0 Å². The number of carboxylic acid groups (broad SMARTS) is 1. The van der Waals surface area contributed by atoms with E-state index in [2.05, 4.69) is 0 Å². The second-order valence-electron chi connectivity index (χ2n) is 6.68. The third-order valence-electron chi connectivity index (χ3n) is 3.57. The Kier molecular flexibility index (Phi) is 5.48. The smallest absolute Gasteiger partial charge is 0.410 e. The Bertz CT molecular complexity index is 608. The van der Waals surface area contributed by atoms with Crippen molar-refractivity contribution in [1.29, 1.82) is 0 Å². The normalized spacial score (nSPS) is 18.4. The summed E-state index contributed by atoms with van der Waals surface area (Å²) in [5, 5.41) is 13.2. The zero-order valence-corrected chi connectivity index (χ0v) is 14.8. The SMILES string of the molecule is CC(C)(C)OC(=O)N1CCN(C(=O)Cc2ccsc2)C(C(=O)O)C1. The number of carbonyl (C=O) groups excluding carboxylic acids is 2. The molecule has 2 heterocycles. The lowest BCUT2D eigenvalue weighted by molar-refractivity contribution is -0.153. The highest BCUT2D eigenvalue weighted by atomic mass is 32.1. The number of piperazine rings is 1. The molecule has 0 radical (unpaired) electrons. The minimum Gasteiger partial charge on any atom is -0.480 e. The Labute approximate surface area is 144 Å². The summed E-state index contributed by atoms with van der Waals surface area (Å²) in [6.07, 6.45) is -0.390. The fourth-order valence-corrected chi connectivity index (χ4v) is 3.12. The monoisotopic (exact) mass is 354 g/mol. The van der Waals surface area contributed by atoms with Gasteiger partial charge in [-0.05, 0) is 43.2 Å². The lowest BCUT2D eigenvalue weighted by Crippen LogP contribution is -2.60. The van der Waals surface area contributed by atoms with Gasteiger partial charge in [0.15, 0.2) is 0 Å². The van der Waals surface area contributed by atoms with Crippen LogP contribution >= 0.6 is 11.3 Å². The number of hydrogen-bond acceptors (Lipinski definition) is 5. The van der Waals surface area contributed by atoms with Crippen molar-refractivity contribution in [3.8, 4) is 0 Å². The van der Waals surface area contributed by atoms with Crippen molar-refractivity contribution in [2.75, 3.05) is 19.6 Å². The van der Waals surface area contributed by atoms with Crippen molar-refractivity contribution in [3.63, 3.8) is 0 Å². The van der Waals surface area contributed by atoms with Gasteiger partial charge in [0.25, 0.3) is 0 Å². The third kappa shape index (κ3) is 4.70. The lowest BCUT2D eigenvalue weighted by Gasteiger charge is -2.39. The number of nitrogens with zero attached hydrogens (tertiary/aromatic N) is 2. The molecule has 0 spiro atoms. The summed E-state index contributed by atoms with van der Waals surface area (Å²) in [6.45, 7) is 5.62. The Morgan fingerprint density at radius 2 is 2.04 bits per heavy atom. The summed E-state index contributed by atoms with van der Waals surface area (Å²) < 4.78 is 5.28. The first-order valence-corrected chi connectivity index (χ1v) is 8.63. The molecule has 0 aromatic carbocycles. The number of aliphatic carboxylic acids is 1. The van der Waals surface area contributed by atoms with Gasteiger partial charge in [-0.1, -0.05) is 0 Å². The quantitative estimate of drug-likeness (QED) is 0.895. The van der Waals surface area contributed by atoms with E-state index in [1.165, 1.54) is 21.1 Å². The molecule has 24 heavy (non-hydrogen) atoms. The van der Waals surface area contributed by atoms with Crippen LogP contribution in [0.25, 0.3) is 0 Å². The van der Waals surface area contributed by atoms with Crippen LogP contribution in [0.1, 0.15) is 26.3 Å². The average Bonchev–Trinajstić information content (AvgIpc) is 2.97. The third-order valence-corrected chi connectivity index (χ3v) is 4.30. The Morgan fingerprint density at radius 3 is 2.58 bits per heavy atom. The molecule has 0 saturated carbocycles. The van der Waals surface area contributed by atoms with Crippen molar-refractivity contribution in [3.05, 3.63) is 22.4 Å². The predicted octanol–water partition coefficient (Wildman–Crippen LogP) is 1.82. The molecule has 1 aromatic rings. The Morgan fingerprint density at radius 1 is 1.33 bits per heavy atom. The highest BCUT2D eigenvalue weighted by molar-refractivity contribution is 7.08. The second kappa shape index (κ2) is 7.21. The van der Waals surface area contributed by atoms with Gasteiger partial charge in [-0.3, -0.25) is 4.79 Å². The molecule has 0 bridgehead atoms. The maximum absolute atomic E-state index is 12.4. The van der Waals surface area contributed by atoms with Crippen LogP contribution in [-0.4, -0.2) is 64.2 Å². The summed E-state index contributed by atoms with van der Waals surface area (Å²) in [7, 11) is 0. The van der Waals surface area contributed by atoms with E-state index in [0.29, 0.717) is 0 Å². The number of hydrogen-bond donors (Lipinski definition) is 1. The van der Waals surface area contributed by atoms with Crippen LogP contribution in [0.4, 0.5) is 4.79 Å². The molecule has 1 fully saturated rings. The topological polar surface area (TPSA) is 87.2 Å². The van der Waals surface area contributed by atoms with Crippen LogP contribution in [0.15, 0.2) is 16.8 Å². The van der Waals surface area contributed by atoms with Gasteiger partial charge in [-0.15, -0.1) is 0 Å².